The molecule has 0 atom stereocenters. The van der Waals surface area contributed by atoms with Gasteiger partial charge in [0.05, 0.1) is 7.11 Å². The number of rotatable bonds is 8. The van der Waals surface area contributed by atoms with E-state index in [0.29, 0.717) is 18.5 Å². The van der Waals surface area contributed by atoms with Gasteiger partial charge in [0, 0.05) is 30.9 Å². The molecule has 5 heteroatoms. The molecule has 0 aliphatic heterocycles. The molecule has 0 radical (unpaired) electrons. The van der Waals surface area contributed by atoms with Crippen LogP contribution in [-0.4, -0.2) is 23.1 Å². The van der Waals surface area contributed by atoms with Gasteiger partial charge in [0.1, 0.15) is 11.6 Å². The van der Waals surface area contributed by atoms with Crippen molar-refractivity contribution in [2.75, 3.05) is 17.3 Å². The van der Waals surface area contributed by atoms with E-state index in [2.05, 4.69) is 53.3 Å². The first kappa shape index (κ1) is 19.7. The van der Waals surface area contributed by atoms with Crippen LogP contribution in [0.4, 0.5) is 11.8 Å². The molecular formula is C23H28N4O. The van der Waals surface area contributed by atoms with Gasteiger partial charge < -0.3 is 15.0 Å². The Balaban J connectivity index is 1.76. The Hall–Kier alpha value is -3.08. The number of aryl methyl sites for hydroxylation is 1. The normalized spacial score (nSPS) is 10.8. The molecule has 3 aromatic rings. The first-order chi connectivity index (χ1) is 13.5. The van der Waals surface area contributed by atoms with E-state index in [1.165, 1.54) is 5.56 Å². The summed E-state index contributed by atoms with van der Waals surface area (Å²) in [6.45, 7) is 7.85. The van der Waals surface area contributed by atoms with Gasteiger partial charge in [-0.05, 0) is 44.0 Å². The van der Waals surface area contributed by atoms with E-state index < -0.39 is 0 Å². The van der Waals surface area contributed by atoms with Gasteiger partial charge in [0.2, 0.25) is 5.95 Å². The van der Waals surface area contributed by atoms with Crippen LogP contribution in [0.25, 0.3) is 0 Å². The minimum Gasteiger partial charge on any atom is -0.497 e. The molecule has 28 heavy (non-hydrogen) atoms. The van der Waals surface area contributed by atoms with Crippen molar-refractivity contribution in [3.05, 3.63) is 77.5 Å². The Morgan fingerprint density at radius 3 is 2.32 bits per heavy atom. The average Bonchev–Trinajstić information content (AvgIpc) is 2.71. The van der Waals surface area contributed by atoms with Crippen LogP contribution < -0.4 is 15.0 Å². The molecule has 0 fully saturated rings. The van der Waals surface area contributed by atoms with Crippen LogP contribution in [0.3, 0.4) is 0 Å². The van der Waals surface area contributed by atoms with E-state index in [-0.39, 0.29) is 0 Å². The number of ether oxygens (including phenoxy) is 1. The topological polar surface area (TPSA) is 50.3 Å². The molecule has 1 N–H and O–H groups in total. The van der Waals surface area contributed by atoms with Gasteiger partial charge in [-0.3, -0.25) is 0 Å². The summed E-state index contributed by atoms with van der Waals surface area (Å²) in [5.41, 5.74) is 3.36. The Kier molecular flexibility index (Phi) is 6.48. The second-order valence-corrected chi connectivity index (χ2v) is 7.10. The lowest BCUT2D eigenvalue weighted by atomic mass is 10.2. The zero-order valence-corrected chi connectivity index (χ0v) is 17.0. The quantitative estimate of drug-likeness (QED) is 0.611. The third-order valence-corrected chi connectivity index (χ3v) is 4.56. The van der Waals surface area contributed by atoms with Crippen molar-refractivity contribution in [3.8, 4) is 5.75 Å². The number of anilines is 2. The minimum atomic E-state index is 0.323. The number of benzene rings is 2. The lowest BCUT2D eigenvalue weighted by molar-refractivity contribution is 0.414. The minimum absolute atomic E-state index is 0.323. The maximum atomic E-state index is 5.21. The van der Waals surface area contributed by atoms with Gasteiger partial charge in [-0.2, -0.15) is 4.98 Å². The van der Waals surface area contributed by atoms with E-state index in [0.717, 1.165) is 29.4 Å². The third kappa shape index (κ3) is 5.22. The van der Waals surface area contributed by atoms with Crippen molar-refractivity contribution < 1.29 is 4.74 Å². The third-order valence-electron chi connectivity index (χ3n) is 4.56. The Morgan fingerprint density at radius 2 is 1.68 bits per heavy atom. The zero-order valence-electron chi connectivity index (χ0n) is 17.0. The van der Waals surface area contributed by atoms with Gasteiger partial charge in [-0.1, -0.05) is 42.5 Å². The predicted octanol–water partition coefficient (Wildman–Crippen LogP) is 4.82. The van der Waals surface area contributed by atoms with Crippen molar-refractivity contribution in [1.29, 1.82) is 0 Å². The SMILES string of the molecule is COc1ccc(CNc2nc(C)cc(N(Cc3ccccc3)C(C)C)n2)cc1. The molecule has 1 aromatic heterocycles. The first-order valence-electron chi connectivity index (χ1n) is 9.58. The highest BCUT2D eigenvalue weighted by Crippen LogP contribution is 2.21. The standard InChI is InChI=1S/C23H28N4O/c1-17(2)27(16-20-8-6-5-7-9-20)22-14-18(3)25-23(26-22)24-15-19-10-12-21(28-4)13-11-19/h5-14,17H,15-16H2,1-4H3,(H,24,25,26). The molecule has 3 rings (SSSR count). The maximum absolute atomic E-state index is 5.21. The Morgan fingerprint density at radius 1 is 0.964 bits per heavy atom. The monoisotopic (exact) mass is 376 g/mol. The Bertz CT molecular complexity index is 879. The lowest BCUT2D eigenvalue weighted by Crippen LogP contribution is -2.31. The fourth-order valence-corrected chi connectivity index (χ4v) is 3.01. The molecule has 0 bridgehead atoms. The fraction of sp³-hybridized carbons (Fsp3) is 0.304. The van der Waals surface area contributed by atoms with E-state index in [1.54, 1.807) is 7.11 Å². The average molecular weight is 377 g/mol. The molecule has 1 heterocycles. The van der Waals surface area contributed by atoms with Crippen LogP contribution >= 0.6 is 0 Å². The summed E-state index contributed by atoms with van der Waals surface area (Å²) >= 11 is 0. The second kappa shape index (κ2) is 9.22. The number of nitrogens with one attached hydrogen (secondary N) is 1. The van der Waals surface area contributed by atoms with Crippen LogP contribution in [0.2, 0.25) is 0 Å². The van der Waals surface area contributed by atoms with Gasteiger partial charge >= 0.3 is 0 Å². The highest BCUT2D eigenvalue weighted by molar-refractivity contribution is 5.46. The molecule has 0 saturated heterocycles. The van der Waals surface area contributed by atoms with Crippen molar-refractivity contribution in [3.63, 3.8) is 0 Å². The molecule has 0 unspecified atom stereocenters. The van der Waals surface area contributed by atoms with Crippen LogP contribution in [-0.2, 0) is 13.1 Å². The molecule has 146 valence electrons. The number of hydrogen-bond donors (Lipinski definition) is 1. The van der Waals surface area contributed by atoms with Crippen LogP contribution in [0, 0.1) is 6.92 Å². The van der Waals surface area contributed by atoms with Gasteiger partial charge in [-0.15, -0.1) is 0 Å². The van der Waals surface area contributed by atoms with Crippen molar-refractivity contribution in [2.45, 2.75) is 39.9 Å². The summed E-state index contributed by atoms with van der Waals surface area (Å²) in [6.07, 6.45) is 0. The zero-order chi connectivity index (χ0) is 19.9. The molecule has 0 spiro atoms. The smallest absolute Gasteiger partial charge is 0.225 e. The van der Waals surface area contributed by atoms with Crippen molar-refractivity contribution >= 4 is 11.8 Å². The van der Waals surface area contributed by atoms with Crippen LogP contribution in [0.15, 0.2) is 60.7 Å². The lowest BCUT2D eigenvalue weighted by Gasteiger charge is -2.28. The van der Waals surface area contributed by atoms with E-state index in [9.17, 15) is 0 Å². The number of methoxy groups -OCH3 is 1. The van der Waals surface area contributed by atoms with Crippen molar-refractivity contribution in [2.24, 2.45) is 0 Å². The molecular weight excluding hydrogens is 348 g/mol. The highest BCUT2D eigenvalue weighted by atomic mass is 16.5. The van der Waals surface area contributed by atoms with Crippen LogP contribution in [0.1, 0.15) is 30.7 Å². The molecule has 0 amide bonds. The van der Waals surface area contributed by atoms with E-state index in [1.807, 2.05) is 43.3 Å². The van der Waals surface area contributed by atoms with E-state index >= 15 is 0 Å². The van der Waals surface area contributed by atoms with E-state index in [4.69, 9.17) is 9.72 Å². The second-order valence-electron chi connectivity index (χ2n) is 7.10. The summed E-state index contributed by atoms with van der Waals surface area (Å²) in [5, 5.41) is 3.35. The van der Waals surface area contributed by atoms with Gasteiger partial charge in [0.25, 0.3) is 0 Å². The molecule has 0 aliphatic carbocycles. The maximum Gasteiger partial charge on any atom is 0.225 e. The van der Waals surface area contributed by atoms with Crippen LogP contribution in [0.5, 0.6) is 5.75 Å². The highest BCUT2D eigenvalue weighted by Gasteiger charge is 2.14. The summed E-state index contributed by atoms with van der Waals surface area (Å²) in [7, 11) is 1.67. The molecule has 2 aromatic carbocycles. The molecule has 0 aliphatic rings. The first-order valence-corrected chi connectivity index (χ1v) is 9.58. The number of hydrogen-bond acceptors (Lipinski definition) is 5. The Labute approximate surface area is 167 Å². The largest absolute Gasteiger partial charge is 0.497 e. The molecule has 5 nitrogen and oxygen atoms in total. The predicted molar refractivity (Wildman–Crippen MR) is 115 cm³/mol. The van der Waals surface area contributed by atoms with Crippen molar-refractivity contribution in [1.82, 2.24) is 9.97 Å². The number of aromatic nitrogens is 2. The summed E-state index contributed by atoms with van der Waals surface area (Å²) in [4.78, 5) is 11.6. The summed E-state index contributed by atoms with van der Waals surface area (Å²) in [5.74, 6) is 2.43. The summed E-state index contributed by atoms with van der Waals surface area (Å²) < 4.78 is 5.21. The fourth-order valence-electron chi connectivity index (χ4n) is 3.01. The van der Waals surface area contributed by atoms with Gasteiger partial charge in [-0.25, -0.2) is 4.98 Å². The van der Waals surface area contributed by atoms with Gasteiger partial charge in [0.15, 0.2) is 0 Å². The number of nitrogens with zero attached hydrogens (tertiary/aromatic N) is 3. The molecule has 0 saturated carbocycles. The summed E-state index contributed by atoms with van der Waals surface area (Å²) in [6, 6.07) is 20.8.